The maximum Gasteiger partial charge on any atom is 0.408 e. The lowest BCUT2D eigenvalue weighted by atomic mass is 10.00. The first kappa shape index (κ1) is 30.7. The van der Waals surface area contributed by atoms with Crippen LogP contribution >= 0.6 is 0 Å². The number of aromatic hydroxyl groups is 1. The summed E-state index contributed by atoms with van der Waals surface area (Å²) in [7, 11) is 0. The van der Waals surface area contributed by atoms with Crippen molar-refractivity contribution in [2.75, 3.05) is 13.1 Å². The molecule has 2 atom stereocenters. The summed E-state index contributed by atoms with van der Waals surface area (Å²) in [6.07, 6.45) is 2.94. The Balaban J connectivity index is 2.45. The fraction of sp³-hybridized carbons (Fsp3) is 0.500. The number of ether oxygens (including phenoxy) is 1. The van der Waals surface area contributed by atoms with Crippen molar-refractivity contribution in [2.24, 2.45) is 0 Å². The molecule has 0 heterocycles. The number of phenolic OH excluding ortho intramolecular Hbond substituents is 1. The van der Waals surface area contributed by atoms with Crippen molar-refractivity contribution in [1.29, 1.82) is 0 Å². The predicted molar refractivity (Wildman–Crippen MR) is 149 cm³/mol. The third-order valence-electron chi connectivity index (χ3n) is 5.84. The number of amides is 3. The SMILES string of the molecule is CCCCCNC(=O)C(c1cccc(O)c1)N(CCC)C(=O)C(Cc1ccccc1)NC(=O)OC(C)(C)C. The van der Waals surface area contributed by atoms with Gasteiger partial charge >= 0.3 is 6.09 Å². The van der Waals surface area contributed by atoms with Crippen molar-refractivity contribution < 1.29 is 24.2 Å². The largest absolute Gasteiger partial charge is 0.508 e. The highest BCUT2D eigenvalue weighted by molar-refractivity contribution is 5.92. The molecule has 0 radical (unpaired) electrons. The van der Waals surface area contributed by atoms with Crippen LogP contribution in [0.25, 0.3) is 0 Å². The van der Waals surface area contributed by atoms with Crippen molar-refractivity contribution in [3.63, 3.8) is 0 Å². The Morgan fingerprint density at radius 2 is 1.68 bits per heavy atom. The second-order valence-electron chi connectivity index (χ2n) is 10.4. The van der Waals surface area contributed by atoms with Crippen LogP contribution in [0.1, 0.15) is 77.5 Å². The van der Waals surface area contributed by atoms with Crippen molar-refractivity contribution in [1.82, 2.24) is 15.5 Å². The minimum atomic E-state index is -0.977. The first-order chi connectivity index (χ1) is 18.1. The van der Waals surface area contributed by atoms with Crippen molar-refractivity contribution >= 4 is 17.9 Å². The van der Waals surface area contributed by atoms with E-state index in [1.807, 2.05) is 37.3 Å². The molecule has 0 bridgehead atoms. The summed E-state index contributed by atoms with van der Waals surface area (Å²) in [6, 6.07) is 13.8. The first-order valence-electron chi connectivity index (χ1n) is 13.5. The molecule has 2 rings (SSSR count). The number of alkyl carbamates (subject to hydrolysis) is 1. The zero-order valence-corrected chi connectivity index (χ0v) is 23.3. The molecule has 3 N–H and O–H groups in total. The maximum absolute atomic E-state index is 14.1. The van der Waals surface area contributed by atoms with Gasteiger partial charge in [-0.15, -0.1) is 0 Å². The topological polar surface area (TPSA) is 108 Å². The van der Waals surface area contributed by atoms with Crippen LogP contribution in [0, 0.1) is 0 Å². The average molecular weight is 526 g/mol. The van der Waals surface area contributed by atoms with Gasteiger partial charge in [-0.2, -0.15) is 0 Å². The Labute approximate surface area is 226 Å². The number of hydrogen-bond acceptors (Lipinski definition) is 5. The van der Waals surface area contributed by atoms with Crippen LogP contribution in [-0.4, -0.2) is 52.6 Å². The fourth-order valence-corrected chi connectivity index (χ4v) is 4.16. The number of unbranched alkanes of at least 4 members (excludes halogenated alkanes) is 2. The highest BCUT2D eigenvalue weighted by Crippen LogP contribution is 2.26. The van der Waals surface area contributed by atoms with Gasteiger partial charge in [-0.1, -0.05) is 69.2 Å². The molecule has 0 aromatic heterocycles. The van der Waals surface area contributed by atoms with E-state index in [0.29, 0.717) is 18.5 Å². The first-order valence-corrected chi connectivity index (χ1v) is 13.5. The van der Waals surface area contributed by atoms with Crippen LogP contribution in [0.4, 0.5) is 4.79 Å². The van der Waals surface area contributed by atoms with E-state index in [2.05, 4.69) is 17.6 Å². The van der Waals surface area contributed by atoms with Gasteiger partial charge < -0.3 is 25.4 Å². The fourth-order valence-electron chi connectivity index (χ4n) is 4.16. The number of rotatable bonds is 13. The molecule has 0 saturated heterocycles. The van der Waals surface area contributed by atoms with Crippen molar-refractivity contribution in [2.45, 2.75) is 84.4 Å². The van der Waals surface area contributed by atoms with Crippen LogP contribution in [0.2, 0.25) is 0 Å². The number of nitrogens with one attached hydrogen (secondary N) is 2. The second-order valence-corrected chi connectivity index (χ2v) is 10.4. The average Bonchev–Trinajstić information content (AvgIpc) is 2.85. The Kier molecular flexibility index (Phi) is 12.1. The summed E-state index contributed by atoms with van der Waals surface area (Å²) in [6.45, 7) is 10.0. The van der Waals surface area contributed by atoms with E-state index < -0.39 is 29.7 Å². The summed E-state index contributed by atoms with van der Waals surface area (Å²) < 4.78 is 5.45. The molecule has 3 amide bonds. The molecule has 8 nitrogen and oxygen atoms in total. The summed E-state index contributed by atoms with van der Waals surface area (Å²) in [5.74, 6) is -0.731. The van der Waals surface area contributed by atoms with Gasteiger partial charge in [-0.05, 0) is 56.9 Å². The molecule has 208 valence electrons. The molecule has 0 fully saturated rings. The molecule has 0 saturated carbocycles. The Morgan fingerprint density at radius 1 is 0.974 bits per heavy atom. The number of carbonyl (C=O) groups is 3. The highest BCUT2D eigenvalue weighted by atomic mass is 16.6. The quantitative estimate of drug-likeness (QED) is 0.315. The third-order valence-corrected chi connectivity index (χ3v) is 5.84. The van der Waals surface area contributed by atoms with Crippen molar-refractivity contribution in [3.05, 3.63) is 65.7 Å². The van der Waals surface area contributed by atoms with Gasteiger partial charge in [0.25, 0.3) is 0 Å². The summed E-state index contributed by atoms with van der Waals surface area (Å²) in [5, 5.41) is 15.9. The molecule has 0 aliphatic rings. The molecular weight excluding hydrogens is 482 g/mol. The van der Waals surface area contributed by atoms with Crippen LogP contribution in [0.3, 0.4) is 0 Å². The zero-order chi connectivity index (χ0) is 28.1. The lowest BCUT2D eigenvalue weighted by molar-refractivity contribution is -0.142. The van der Waals surface area contributed by atoms with Gasteiger partial charge in [0.15, 0.2) is 0 Å². The van der Waals surface area contributed by atoms with Gasteiger partial charge in [0.1, 0.15) is 23.4 Å². The molecule has 38 heavy (non-hydrogen) atoms. The molecule has 8 heteroatoms. The Bertz CT molecular complexity index is 1040. The van der Waals surface area contributed by atoms with Gasteiger partial charge in [0.05, 0.1) is 0 Å². The van der Waals surface area contributed by atoms with E-state index in [9.17, 15) is 19.5 Å². The smallest absolute Gasteiger partial charge is 0.408 e. The van der Waals surface area contributed by atoms with E-state index in [1.165, 1.54) is 17.0 Å². The summed E-state index contributed by atoms with van der Waals surface area (Å²) >= 11 is 0. The minimum absolute atomic E-state index is 0.00268. The van der Waals surface area contributed by atoms with E-state index in [4.69, 9.17) is 4.74 Å². The van der Waals surface area contributed by atoms with E-state index >= 15 is 0 Å². The standard InChI is InChI=1S/C30H43N3O5/c1-6-8-12-18-31-27(35)26(23-16-13-17-24(34)21-23)33(19-7-2)28(36)25(20-22-14-10-9-11-15-22)32-29(37)38-30(3,4)5/h9-11,13-17,21,25-26,34H,6-8,12,18-20H2,1-5H3,(H,31,35)(H,32,37). The number of benzene rings is 2. The second kappa shape index (κ2) is 15.0. The van der Waals surface area contributed by atoms with E-state index in [1.54, 1.807) is 32.9 Å². The normalized spacial score (nSPS) is 12.8. The van der Waals surface area contributed by atoms with Gasteiger partial charge in [-0.3, -0.25) is 9.59 Å². The molecular formula is C30H43N3O5. The van der Waals surface area contributed by atoms with Crippen LogP contribution in [-0.2, 0) is 20.7 Å². The Hall–Kier alpha value is -3.55. The Morgan fingerprint density at radius 3 is 2.29 bits per heavy atom. The van der Waals surface area contributed by atoms with E-state index in [0.717, 1.165) is 24.8 Å². The molecule has 0 aliphatic carbocycles. The number of carbonyl (C=O) groups excluding carboxylic acids is 3. The lowest BCUT2D eigenvalue weighted by Crippen LogP contribution is -2.54. The minimum Gasteiger partial charge on any atom is -0.508 e. The van der Waals surface area contributed by atoms with Gasteiger partial charge in [0, 0.05) is 19.5 Å². The monoisotopic (exact) mass is 525 g/mol. The van der Waals surface area contributed by atoms with Crippen LogP contribution in [0.5, 0.6) is 5.75 Å². The predicted octanol–water partition coefficient (Wildman–Crippen LogP) is 5.11. The summed E-state index contributed by atoms with van der Waals surface area (Å²) in [5.41, 5.74) is 0.613. The molecule has 2 aromatic carbocycles. The van der Waals surface area contributed by atoms with Gasteiger partial charge in [0.2, 0.25) is 11.8 Å². The maximum atomic E-state index is 14.1. The molecule has 2 aromatic rings. The van der Waals surface area contributed by atoms with Crippen LogP contribution in [0.15, 0.2) is 54.6 Å². The van der Waals surface area contributed by atoms with Crippen LogP contribution < -0.4 is 10.6 Å². The molecule has 0 aliphatic heterocycles. The third kappa shape index (κ3) is 10.1. The number of phenols is 1. The van der Waals surface area contributed by atoms with Crippen molar-refractivity contribution in [3.8, 4) is 5.75 Å². The van der Waals surface area contributed by atoms with Gasteiger partial charge in [-0.25, -0.2) is 4.79 Å². The number of nitrogens with zero attached hydrogens (tertiary/aromatic N) is 1. The summed E-state index contributed by atoms with van der Waals surface area (Å²) in [4.78, 5) is 41.9. The highest BCUT2D eigenvalue weighted by Gasteiger charge is 2.36. The molecule has 0 spiro atoms. The molecule has 2 unspecified atom stereocenters. The number of hydrogen-bond donors (Lipinski definition) is 3. The van der Waals surface area contributed by atoms with E-state index in [-0.39, 0.29) is 24.6 Å². The lowest BCUT2D eigenvalue weighted by Gasteiger charge is -2.34. The zero-order valence-electron chi connectivity index (χ0n) is 23.3.